The summed E-state index contributed by atoms with van der Waals surface area (Å²) >= 11 is 0. The van der Waals surface area contributed by atoms with Crippen LogP contribution in [0.2, 0.25) is 0 Å². The maximum Gasteiger partial charge on any atom is 0.0223 e. The molecule has 0 unspecified atom stereocenters. The van der Waals surface area contributed by atoms with Gasteiger partial charge in [0.25, 0.3) is 0 Å². The number of hydrogen-bond acceptors (Lipinski definition) is 12. The average Bonchev–Trinajstić information content (AvgIpc) is 2.88. The van der Waals surface area contributed by atoms with Gasteiger partial charge >= 0.3 is 0 Å². The largest absolute Gasteiger partial charge is 0.329 e. The number of hydrogen-bond donors (Lipinski definition) is 8. The summed E-state index contributed by atoms with van der Waals surface area (Å²) < 4.78 is 0. The van der Waals surface area contributed by atoms with Crippen LogP contribution in [-0.4, -0.2) is 169 Å². The Kier molecular flexibility index (Phi) is 25.9. The molecule has 0 aromatic heterocycles. The molecule has 40 heavy (non-hydrogen) atoms. The van der Waals surface area contributed by atoms with Gasteiger partial charge in [-0.25, -0.2) is 0 Å². The number of nitrogens with zero attached hydrogens (tertiary/aromatic N) is 4. The third-order valence-corrected chi connectivity index (χ3v) is 6.75. The van der Waals surface area contributed by atoms with Crippen LogP contribution >= 0.6 is 0 Å². The van der Waals surface area contributed by atoms with Crippen LogP contribution in [0.4, 0.5) is 0 Å². The highest BCUT2D eigenvalue weighted by atomic mass is 15.2. The molecule has 0 aromatic rings. The Morgan fingerprint density at radius 1 is 0.500 bits per heavy atom. The summed E-state index contributed by atoms with van der Waals surface area (Å²) in [7, 11) is 0. The summed E-state index contributed by atoms with van der Waals surface area (Å²) in [6.45, 7) is 28.7. The standard InChI is InChI=1S/C28H70N12/c1-27(2)25-40(16-8-32)20-12-35-11-18-38(17-10-34-9-5-29)22-24-39(19-13-36-26-28(3,4)33)23-21-37(14-6-30)15-7-31/h27,34-36H,5-26,29-33H2,1-4H3. The first-order valence-electron chi connectivity index (χ1n) is 15.8. The molecule has 0 saturated heterocycles. The molecule has 0 aliphatic rings. The molecule has 12 nitrogen and oxygen atoms in total. The van der Waals surface area contributed by atoms with Crippen molar-refractivity contribution in [2.24, 2.45) is 34.6 Å². The first-order chi connectivity index (χ1) is 19.1. The molecule has 0 aliphatic carbocycles. The number of rotatable bonds is 30. The lowest BCUT2D eigenvalue weighted by Gasteiger charge is -2.31. The Balaban J connectivity index is 4.91. The van der Waals surface area contributed by atoms with E-state index in [-0.39, 0.29) is 5.54 Å². The third kappa shape index (κ3) is 25.2. The maximum absolute atomic E-state index is 6.16. The van der Waals surface area contributed by atoms with Crippen LogP contribution in [0.3, 0.4) is 0 Å². The average molecular weight is 575 g/mol. The lowest BCUT2D eigenvalue weighted by molar-refractivity contribution is 0.177. The van der Waals surface area contributed by atoms with Crippen LogP contribution < -0.4 is 44.6 Å². The summed E-state index contributed by atoms with van der Waals surface area (Å²) in [4.78, 5) is 9.95. The van der Waals surface area contributed by atoms with Gasteiger partial charge in [0.2, 0.25) is 0 Å². The van der Waals surface area contributed by atoms with Gasteiger partial charge in [0.1, 0.15) is 0 Å². The Labute approximate surface area is 247 Å². The van der Waals surface area contributed by atoms with E-state index in [0.717, 1.165) is 118 Å². The van der Waals surface area contributed by atoms with Gasteiger partial charge in [-0.1, -0.05) is 13.8 Å². The minimum atomic E-state index is -0.208. The van der Waals surface area contributed by atoms with Gasteiger partial charge in [-0.2, -0.15) is 0 Å². The first-order valence-corrected chi connectivity index (χ1v) is 15.8. The van der Waals surface area contributed by atoms with Gasteiger partial charge in [-0.15, -0.1) is 0 Å². The molecule has 0 atom stereocenters. The molecule has 0 rings (SSSR count). The summed E-state index contributed by atoms with van der Waals surface area (Å²) in [6, 6.07) is 0. The Hall–Kier alpha value is -0.480. The van der Waals surface area contributed by atoms with E-state index in [1.807, 2.05) is 0 Å². The molecule has 12 heteroatoms. The fourth-order valence-corrected chi connectivity index (χ4v) is 4.64. The first kappa shape index (κ1) is 39.5. The van der Waals surface area contributed by atoms with Crippen LogP contribution in [-0.2, 0) is 0 Å². The fraction of sp³-hybridized carbons (Fsp3) is 1.00. The van der Waals surface area contributed by atoms with E-state index in [4.69, 9.17) is 28.7 Å². The van der Waals surface area contributed by atoms with Crippen LogP contribution in [0, 0.1) is 5.92 Å². The molecule has 0 bridgehead atoms. The van der Waals surface area contributed by atoms with Gasteiger partial charge in [0.05, 0.1) is 0 Å². The van der Waals surface area contributed by atoms with E-state index in [0.29, 0.717) is 32.1 Å². The molecule has 242 valence electrons. The van der Waals surface area contributed by atoms with E-state index in [1.165, 1.54) is 0 Å². The van der Waals surface area contributed by atoms with Crippen LogP contribution in [0.1, 0.15) is 27.7 Å². The minimum absolute atomic E-state index is 0.208. The van der Waals surface area contributed by atoms with Crippen molar-refractivity contribution in [2.45, 2.75) is 33.2 Å². The Bertz CT molecular complexity index is 526. The highest BCUT2D eigenvalue weighted by Crippen LogP contribution is 1.98. The van der Waals surface area contributed by atoms with E-state index >= 15 is 0 Å². The highest BCUT2D eigenvalue weighted by Gasteiger charge is 2.14. The predicted octanol–water partition coefficient (Wildman–Crippen LogP) is -2.81. The molecule has 0 saturated carbocycles. The lowest BCUT2D eigenvalue weighted by Crippen LogP contribution is -2.48. The summed E-state index contributed by atoms with van der Waals surface area (Å²) in [5, 5.41) is 10.6. The Morgan fingerprint density at radius 3 is 1.30 bits per heavy atom. The van der Waals surface area contributed by atoms with Crippen molar-refractivity contribution in [2.75, 3.05) is 144 Å². The topological polar surface area (TPSA) is 179 Å². The van der Waals surface area contributed by atoms with Crippen molar-refractivity contribution >= 4 is 0 Å². The minimum Gasteiger partial charge on any atom is -0.329 e. The molecule has 13 N–H and O–H groups in total. The van der Waals surface area contributed by atoms with Crippen molar-refractivity contribution in [3.63, 3.8) is 0 Å². The predicted molar refractivity (Wildman–Crippen MR) is 174 cm³/mol. The molecule has 0 spiro atoms. The van der Waals surface area contributed by atoms with Crippen molar-refractivity contribution in [1.82, 2.24) is 35.6 Å². The van der Waals surface area contributed by atoms with E-state index in [9.17, 15) is 0 Å². The van der Waals surface area contributed by atoms with Crippen molar-refractivity contribution in [1.29, 1.82) is 0 Å². The molecule has 0 heterocycles. The molecule has 0 fully saturated rings. The SMILES string of the molecule is CC(C)CN(CCN)CCNCCN(CCNCCN)CCN(CCNCC(C)(C)N)CCN(CCN)CCN. The highest BCUT2D eigenvalue weighted by molar-refractivity contribution is 4.76. The zero-order valence-electron chi connectivity index (χ0n) is 26.8. The van der Waals surface area contributed by atoms with Gasteiger partial charge < -0.3 is 49.5 Å². The van der Waals surface area contributed by atoms with E-state index < -0.39 is 0 Å². The number of nitrogens with two attached hydrogens (primary N) is 5. The van der Waals surface area contributed by atoms with Crippen molar-refractivity contribution < 1.29 is 0 Å². The third-order valence-electron chi connectivity index (χ3n) is 6.75. The Morgan fingerprint density at radius 2 is 0.875 bits per heavy atom. The van der Waals surface area contributed by atoms with E-state index in [2.05, 4.69) is 63.2 Å². The lowest BCUT2D eigenvalue weighted by atomic mass is 10.1. The molecular formula is C28H70N12. The quantitative estimate of drug-likeness (QED) is 0.0414. The molecule has 0 aliphatic heterocycles. The maximum atomic E-state index is 6.16. The molecule has 0 amide bonds. The monoisotopic (exact) mass is 575 g/mol. The van der Waals surface area contributed by atoms with Crippen LogP contribution in [0.5, 0.6) is 0 Å². The molecular weight excluding hydrogens is 504 g/mol. The van der Waals surface area contributed by atoms with Gasteiger partial charge in [-0.3, -0.25) is 14.7 Å². The summed E-state index contributed by atoms with van der Waals surface area (Å²) in [5.74, 6) is 0.653. The van der Waals surface area contributed by atoms with Gasteiger partial charge in [-0.05, 0) is 19.8 Å². The normalized spacial score (nSPS) is 12.8. The van der Waals surface area contributed by atoms with Crippen LogP contribution in [0.25, 0.3) is 0 Å². The van der Waals surface area contributed by atoms with Gasteiger partial charge in [0.15, 0.2) is 0 Å². The van der Waals surface area contributed by atoms with Gasteiger partial charge in [0, 0.05) is 150 Å². The second-order valence-electron chi connectivity index (χ2n) is 12.0. The summed E-state index contributed by atoms with van der Waals surface area (Å²) in [5.41, 5.74) is 29.1. The fourth-order valence-electron chi connectivity index (χ4n) is 4.64. The molecule has 0 radical (unpaired) electrons. The van der Waals surface area contributed by atoms with Crippen LogP contribution in [0.15, 0.2) is 0 Å². The zero-order chi connectivity index (χ0) is 30.1. The smallest absolute Gasteiger partial charge is 0.0223 e. The summed E-state index contributed by atoms with van der Waals surface area (Å²) in [6.07, 6.45) is 0. The molecule has 0 aromatic carbocycles. The second-order valence-corrected chi connectivity index (χ2v) is 12.0. The zero-order valence-corrected chi connectivity index (χ0v) is 26.8. The van der Waals surface area contributed by atoms with E-state index in [1.54, 1.807) is 0 Å². The van der Waals surface area contributed by atoms with Crippen molar-refractivity contribution in [3.8, 4) is 0 Å². The second kappa shape index (κ2) is 26.2. The number of nitrogens with one attached hydrogen (secondary N) is 3. The van der Waals surface area contributed by atoms with Crippen molar-refractivity contribution in [3.05, 3.63) is 0 Å².